The first kappa shape index (κ1) is 21.3. The first-order valence-electron chi connectivity index (χ1n) is 6.30. The van der Waals surface area contributed by atoms with Gasteiger partial charge in [-0.2, -0.15) is 13.2 Å². The summed E-state index contributed by atoms with van der Waals surface area (Å²) in [6.07, 6.45) is 4.58. The minimum absolute atomic E-state index is 0.276. The highest BCUT2D eigenvalue weighted by molar-refractivity contribution is 7.94. The summed E-state index contributed by atoms with van der Waals surface area (Å²) in [5, 5.41) is 0. The maximum atomic E-state index is 10.7. The van der Waals surface area contributed by atoms with Gasteiger partial charge in [-0.3, -0.25) is 0 Å². The van der Waals surface area contributed by atoms with Crippen molar-refractivity contribution in [3.63, 3.8) is 0 Å². The van der Waals surface area contributed by atoms with Crippen LogP contribution in [0.2, 0.25) is 0 Å². The second kappa shape index (κ2) is 7.70. The Bertz CT molecular complexity index is 556. The van der Waals surface area contributed by atoms with Gasteiger partial charge in [-0.15, -0.1) is 0 Å². The van der Waals surface area contributed by atoms with Gasteiger partial charge in [0.05, 0.1) is 12.5 Å². The molecule has 3 nitrogen and oxygen atoms in total. The average molecular weight is 358 g/mol. The van der Waals surface area contributed by atoms with E-state index in [-0.39, 0.29) is 5.41 Å². The summed E-state index contributed by atoms with van der Waals surface area (Å²) in [5.41, 5.74) is -2.48. The molecule has 0 heterocycles. The Balaban J connectivity index is 0.000000472. The summed E-state index contributed by atoms with van der Waals surface area (Å²) in [4.78, 5) is 0. The zero-order valence-electron chi connectivity index (χ0n) is 13.2. The predicted octanol–water partition coefficient (Wildman–Crippen LogP) is 3.41. The van der Waals surface area contributed by atoms with Gasteiger partial charge in [-0.25, -0.2) is 8.42 Å². The van der Waals surface area contributed by atoms with Crippen molar-refractivity contribution < 1.29 is 26.1 Å². The molecule has 0 bridgehead atoms. The van der Waals surface area contributed by atoms with Crippen molar-refractivity contribution in [2.45, 2.75) is 37.4 Å². The number of hydrogen-bond acceptors (Lipinski definition) is 3. The first-order chi connectivity index (χ1) is 9.64. The minimum Gasteiger partial charge on any atom is -0.741 e. The molecule has 22 heavy (non-hydrogen) atoms. The largest absolute Gasteiger partial charge is 0.741 e. The lowest BCUT2D eigenvalue weighted by Gasteiger charge is -2.18. The topological polar surface area (TPSA) is 57.2 Å². The van der Waals surface area contributed by atoms with Crippen LogP contribution < -0.4 is 0 Å². The Morgan fingerprint density at radius 1 is 1.05 bits per heavy atom. The minimum atomic E-state index is -6.09. The van der Waals surface area contributed by atoms with Gasteiger partial charge in [0.25, 0.3) is 0 Å². The van der Waals surface area contributed by atoms with Crippen molar-refractivity contribution in [1.82, 2.24) is 0 Å². The standard InChI is InChI=1S/C13H21S.CHF3O3S/c1-13(2,3)12-8-6-11(7-9-12)10-14(4)5;2-1(3,4)8(5,6)7/h6-9H,10H2,1-5H3;(H,5,6,7)/q+1;/p-1. The molecule has 0 fully saturated rings. The molecule has 0 N–H and O–H groups in total. The summed E-state index contributed by atoms with van der Waals surface area (Å²) < 4.78 is 58.9. The van der Waals surface area contributed by atoms with Gasteiger partial charge >= 0.3 is 5.51 Å². The lowest BCUT2D eigenvalue weighted by atomic mass is 9.87. The molecule has 8 heteroatoms. The molecular formula is C14H21F3O3S2. The fourth-order valence-corrected chi connectivity index (χ4v) is 2.29. The van der Waals surface area contributed by atoms with Crippen molar-refractivity contribution >= 4 is 21.0 Å². The van der Waals surface area contributed by atoms with Crippen LogP contribution in [0, 0.1) is 0 Å². The van der Waals surface area contributed by atoms with E-state index >= 15 is 0 Å². The van der Waals surface area contributed by atoms with Gasteiger partial charge < -0.3 is 4.55 Å². The smallest absolute Gasteiger partial charge is 0.485 e. The summed E-state index contributed by atoms with van der Waals surface area (Å²) in [6.45, 7) is 6.77. The number of hydrogen-bond donors (Lipinski definition) is 0. The van der Waals surface area contributed by atoms with E-state index in [2.05, 4.69) is 57.5 Å². The molecule has 0 aromatic heterocycles. The number of rotatable bonds is 2. The van der Waals surface area contributed by atoms with Gasteiger partial charge in [-0.1, -0.05) is 45.0 Å². The molecule has 0 aliphatic carbocycles. The maximum absolute atomic E-state index is 10.7. The summed E-state index contributed by atoms with van der Waals surface area (Å²) >= 11 is 0. The van der Waals surface area contributed by atoms with Gasteiger partial charge in [0.15, 0.2) is 10.1 Å². The van der Waals surface area contributed by atoms with Crippen molar-refractivity contribution in [2.24, 2.45) is 0 Å². The monoisotopic (exact) mass is 358 g/mol. The molecule has 1 aromatic carbocycles. The van der Waals surface area contributed by atoms with E-state index in [1.54, 1.807) is 0 Å². The fraction of sp³-hybridized carbons (Fsp3) is 0.571. The highest BCUT2D eigenvalue weighted by Crippen LogP contribution is 2.22. The lowest BCUT2D eigenvalue weighted by molar-refractivity contribution is -0.0517. The van der Waals surface area contributed by atoms with E-state index in [9.17, 15) is 13.2 Å². The highest BCUT2D eigenvalue weighted by Gasteiger charge is 2.36. The molecule has 1 aromatic rings. The SMILES string of the molecule is C[S+](C)Cc1ccc(C(C)(C)C)cc1.O=S(=O)([O-])C(F)(F)F. The van der Waals surface area contributed by atoms with Crippen LogP contribution >= 0.6 is 0 Å². The highest BCUT2D eigenvalue weighted by atomic mass is 32.2. The zero-order chi connectivity index (χ0) is 17.8. The molecule has 0 saturated heterocycles. The molecule has 0 radical (unpaired) electrons. The summed E-state index contributed by atoms with van der Waals surface area (Å²) in [5.74, 6) is 1.21. The van der Waals surface area contributed by atoms with Crippen LogP contribution in [0.1, 0.15) is 31.9 Å². The second-order valence-corrected chi connectivity index (χ2v) is 9.61. The molecule has 0 aliphatic heterocycles. The van der Waals surface area contributed by atoms with Crippen LogP contribution in [0.4, 0.5) is 13.2 Å². The Labute approximate surface area is 133 Å². The van der Waals surface area contributed by atoms with E-state index < -0.39 is 15.6 Å². The van der Waals surface area contributed by atoms with Gasteiger partial charge in [-0.05, 0) is 21.9 Å². The van der Waals surface area contributed by atoms with E-state index in [0.717, 1.165) is 0 Å². The van der Waals surface area contributed by atoms with Crippen LogP contribution in [0.3, 0.4) is 0 Å². The Morgan fingerprint density at radius 3 is 1.64 bits per heavy atom. The molecule has 0 spiro atoms. The normalized spacial score (nSPS) is 12.8. The molecule has 0 aliphatic rings. The Kier molecular flexibility index (Phi) is 7.44. The van der Waals surface area contributed by atoms with E-state index in [4.69, 9.17) is 13.0 Å². The molecular weight excluding hydrogens is 337 g/mol. The van der Waals surface area contributed by atoms with E-state index in [1.165, 1.54) is 16.9 Å². The average Bonchev–Trinajstić information content (AvgIpc) is 2.25. The molecule has 0 amide bonds. The third-order valence-corrected chi connectivity index (χ3v) is 4.04. The first-order valence-corrected chi connectivity index (χ1v) is 9.92. The van der Waals surface area contributed by atoms with Crippen molar-refractivity contribution in [1.29, 1.82) is 0 Å². The van der Waals surface area contributed by atoms with Gasteiger partial charge in [0.2, 0.25) is 0 Å². The maximum Gasteiger partial charge on any atom is 0.485 e. The molecule has 1 rings (SSSR count). The zero-order valence-corrected chi connectivity index (χ0v) is 14.8. The van der Waals surface area contributed by atoms with Crippen LogP contribution in [0.15, 0.2) is 24.3 Å². The molecule has 128 valence electrons. The van der Waals surface area contributed by atoms with Crippen LogP contribution in [-0.2, 0) is 32.2 Å². The Morgan fingerprint density at radius 2 is 1.41 bits per heavy atom. The van der Waals surface area contributed by atoms with Crippen molar-refractivity contribution in [3.05, 3.63) is 35.4 Å². The van der Waals surface area contributed by atoms with Gasteiger partial charge in [0.1, 0.15) is 5.75 Å². The summed E-state index contributed by atoms with van der Waals surface area (Å²) in [6, 6.07) is 9.07. The van der Waals surface area contributed by atoms with Crippen LogP contribution in [0.25, 0.3) is 0 Å². The third-order valence-electron chi connectivity index (χ3n) is 2.56. The van der Waals surface area contributed by atoms with Gasteiger partial charge in [0, 0.05) is 5.56 Å². The number of halogens is 3. The quantitative estimate of drug-likeness (QED) is 0.462. The van der Waals surface area contributed by atoms with Crippen molar-refractivity contribution in [2.75, 3.05) is 12.5 Å². The van der Waals surface area contributed by atoms with E-state index in [1.807, 2.05) is 0 Å². The molecule has 0 unspecified atom stereocenters. The van der Waals surface area contributed by atoms with Crippen LogP contribution in [0.5, 0.6) is 0 Å². The number of alkyl halides is 3. The van der Waals surface area contributed by atoms with Crippen molar-refractivity contribution in [3.8, 4) is 0 Å². The van der Waals surface area contributed by atoms with E-state index in [0.29, 0.717) is 10.9 Å². The molecule has 0 saturated carbocycles. The Hall–Kier alpha value is -0.730. The number of benzene rings is 1. The third kappa shape index (κ3) is 8.05. The second-order valence-electron chi connectivity index (χ2n) is 5.98. The lowest BCUT2D eigenvalue weighted by Crippen LogP contribution is -2.21. The fourth-order valence-electron chi connectivity index (χ4n) is 1.43. The summed E-state index contributed by atoms with van der Waals surface area (Å²) in [7, 11) is -5.58. The predicted molar refractivity (Wildman–Crippen MR) is 83.8 cm³/mol. The van der Waals surface area contributed by atoms with Crippen LogP contribution in [-0.4, -0.2) is 31.0 Å². The molecule has 0 atom stereocenters.